The molecule has 0 aliphatic heterocycles. The van der Waals surface area contributed by atoms with Crippen molar-refractivity contribution in [1.29, 1.82) is 0 Å². The molecule has 0 aromatic heterocycles. The van der Waals surface area contributed by atoms with Crippen LogP contribution in [0.4, 0.5) is 0 Å². The lowest BCUT2D eigenvalue weighted by Crippen LogP contribution is -2.30. The molecule has 0 aliphatic carbocycles. The monoisotopic (exact) mass is 355 g/mol. The van der Waals surface area contributed by atoms with Crippen LogP contribution in [-0.4, -0.2) is 23.1 Å². The summed E-state index contributed by atoms with van der Waals surface area (Å²) in [5, 5.41) is 25.8. The average Bonchev–Trinajstić information content (AvgIpc) is 2.71. The third-order valence-electron chi connectivity index (χ3n) is 4.78. The third kappa shape index (κ3) is 3.43. The Hall–Kier alpha value is -3.15. The Morgan fingerprint density at radius 2 is 1.37 bits per heavy atom. The highest BCUT2D eigenvalue weighted by Crippen LogP contribution is 2.28. The molecule has 4 nitrogen and oxygen atoms in total. The number of fused-ring (bicyclic) bond motifs is 2. The topological polar surface area (TPSA) is 69.6 Å². The number of amides is 1. The van der Waals surface area contributed by atoms with E-state index in [1.165, 1.54) is 12.1 Å². The fourth-order valence-corrected chi connectivity index (χ4v) is 3.38. The van der Waals surface area contributed by atoms with Crippen LogP contribution >= 0.6 is 0 Å². The van der Waals surface area contributed by atoms with E-state index in [-0.39, 0.29) is 5.91 Å². The first-order valence-corrected chi connectivity index (χ1v) is 8.77. The Kier molecular flexibility index (Phi) is 4.63. The van der Waals surface area contributed by atoms with Crippen LogP contribution in [0.15, 0.2) is 78.9 Å². The molecule has 0 saturated carbocycles. The first kappa shape index (κ1) is 17.3. The van der Waals surface area contributed by atoms with Gasteiger partial charge < -0.3 is 15.4 Å². The van der Waals surface area contributed by atoms with E-state index in [9.17, 15) is 4.79 Å². The molecule has 132 valence electrons. The van der Waals surface area contributed by atoms with Crippen molar-refractivity contribution in [2.45, 2.75) is 6.54 Å². The summed E-state index contributed by atoms with van der Waals surface area (Å²) < 4.78 is 0. The summed E-state index contributed by atoms with van der Waals surface area (Å²) >= 11 is 0. The molecule has 27 heavy (non-hydrogen) atoms. The highest BCUT2D eigenvalue weighted by atomic mass is 16.4. The average molecular weight is 355 g/mol. The first-order valence-electron chi connectivity index (χ1n) is 8.77. The summed E-state index contributed by atoms with van der Waals surface area (Å²) in [7, 11) is -1.54. The van der Waals surface area contributed by atoms with Gasteiger partial charge in [0.1, 0.15) is 0 Å². The zero-order valence-corrected chi connectivity index (χ0v) is 14.6. The first-order chi connectivity index (χ1) is 13.1. The molecule has 0 atom stereocenters. The fraction of sp³-hybridized carbons (Fsp3) is 0.0455. The molecule has 1 amide bonds. The molecule has 4 aromatic carbocycles. The maximum Gasteiger partial charge on any atom is 0.488 e. The molecular weight excluding hydrogens is 337 g/mol. The van der Waals surface area contributed by atoms with Gasteiger partial charge in [0, 0.05) is 12.1 Å². The molecule has 0 saturated heterocycles. The lowest BCUT2D eigenvalue weighted by Gasteiger charge is -2.13. The number of rotatable bonds is 4. The van der Waals surface area contributed by atoms with Crippen LogP contribution in [0.2, 0.25) is 0 Å². The van der Waals surface area contributed by atoms with Gasteiger partial charge in [0.05, 0.1) is 0 Å². The molecule has 4 aromatic rings. The Morgan fingerprint density at radius 1 is 0.815 bits per heavy atom. The van der Waals surface area contributed by atoms with Crippen LogP contribution in [0.5, 0.6) is 0 Å². The molecule has 0 unspecified atom stereocenters. The molecule has 0 spiro atoms. The molecule has 4 rings (SSSR count). The predicted molar refractivity (Wildman–Crippen MR) is 109 cm³/mol. The molecule has 3 N–H and O–H groups in total. The van der Waals surface area contributed by atoms with E-state index in [2.05, 4.69) is 35.6 Å². The normalized spacial score (nSPS) is 10.9. The number of benzene rings is 4. The van der Waals surface area contributed by atoms with E-state index >= 15 is 0 Å². The molecule has 5 heteroatoms. The summed E-state index contributed by atoms with van der Waals surface area (Å²) in [4.78, 5) is 12.5. The van der Waals surface area contributed by atoms with Crippen molar-refractivity contribution in [2.75, 3.05) is 0 Å². The van der Waals surface area contributed by atoms with E-state index < -0.39 is 7.12 Å². The van der Waals surface area contributed by atoms with Gasteiger partial charge in [0.15, 0.2) is 0 Å². The quantitative estimate of drug-likeness (QED) is 0.389. The van der Waals surface area contributed by atoms with Crippen molar-refractivity contribution in [3.63, 3.8) is 0 Å². The second-order valence-electron chi connectivity index (χ2n) is 6.48. The van der Waals surface area contributed by atoms with E-state index in [0.717, 1.165) is 27.1 Å². The smallest absolute Gasteiger partial charge is 0.423 e. The van der Waals surface area contributed by atoms with Crippen molar-refractivity contribution in [2.24, 2.45) is 0 Å². The van der Waals surface area contributed by atoms with Gasteiger partial charge in [-0.1, -0.05) is 60.7 Å². The molecular formula is C22H18BNO3. The van der Waals surface area contributed by atoms with Crippen molar-refractivity contribution in [1.82, 2.24) is 5.32 Å². The van der Waals surface area contributed by atoms with Gasteiger partial charge in [-0.05, 0) is 50.8 Å². The van der Waals surface area contributed by atoms with Gasteiger partial charge in [0.2, 0.25) is 0 Å². The Balaban J connectivity index is 1.65. The predicted octanol–water partition coefficient (Wildman–Crippen LogP) is 2.60. The fourth-order valence-electron chi connectivity index (χ4n) is 3.38. The summed E-state index contributed by atoms with van der Waals surface area (Å²) in [5.74, 6) is -0.203. The van der Waals surface area contributed by atoms with Gasteiger partial charge >= 0.3 is 7.12 Å². The number of carbonyl (C=O) groups is 1. The third-order valence-corrected chi connectivity index (χ3v) is 4.78. The summed E-state index contributed by atoms with van der Waals surface area (Å²) in [5.41, 5.74) is 1.91. The van der Waals surface area contributed by atoms with Crippen LogP contribution in [0.3, 0.4) is 0 Å². The Labute approximate surface area is 157 Å². The van der Waals surface area contributed by atoms with Gasteiger partial charge in [-0.15, -0.1) is 0 Å². The van der Waals surface area contributed by atoms with Crippen LogP contribution in [-0.2, 0) is 6.54 Å². The Bertz CT molecular complexity index is 1070. The van der Waals surface area contributed by atoms with Gasteiger partial charge in [-0.2, -0.15) is 0 Å². The highest BCUT2D eigenvalue weighted by molar-refractivity contribution is 6.58. The molecule has 0 radical (unpaired) electrons. The van der Waals surface area contributed by atoms with Crippen LogP contribution in [0.25, 0.3) is 21.5 Å². The zero-order chi connectivity index (χ0) is 18.8. The maximum absolute atomic E-state index is 12.5. The molecule has 0 heterocycles. The van der Waals surface area contributed by atoms with E-state index in [4.69, 9.17) is 10.0 Å². The zero-order valence-electron chi connectivity index (χ0n) is 14.6. The van der Waals surface area contributed by atoms with Crippen molar-refractivity contribution < 1.29 is 14.8 Å². The van der Waals surface area contributed by atoms with E-state index in [1.54, 1.807) is 12.1 Å². The number of nitrogens with one attached hydrogen (secondary N) is 1. The lowest BCUT2D eigenvalue weighted by molar-refractivity contribution is 0.0951. The van der Waals surface area contributed by atoms with E-state index in [0.29, 0.717) is 17.6 Å². The summed E-state index contributed by atoms with van der Waals surface area (Å²) in [6.07, 6.45) is 0. The maximum atomic E-state index is 12.5. The largest absolute Gasteiger partial charge is 0.488 e. The lowest BCUT2D eigenvalue weighted by atomic mass is 9.80. The summed E-state index contributed by atoms with van der Waals surface area (Å²) in [6.45, 7) is 0.408. The Morgan fingerprint density at radius 3 is 1.93 bits per heavy atom. The molecule has 0 bridgehead atoms. The van der Waals surface area contributed by atoms with Crippen molar-refractivity contribution >= 4 is 40.0 Å². The van der Waals surface area contributed by atoms with Crippen molar-refractivity contribution in [3.05, 3.63) is 90.0 Å². The minimum atomic E-state index is -1.54. The second kappa shape index (κ2) is 7.23. The second-order valence-corrected chi connectivity index (χ2v) is 6.48. The minimum Gasteiger partial charge on any atom is -0.423 e. The van der Waals surface area contributed by atoms with Crippen LogP contribution in [0, 0.1) is 0 Å². The number of hydrogen-bond donors (Lipinski definition) is 3. The molecule has 0 aliphatic rings. The highest BCUT2D eigenvalue weighted by Gasteiger charge is 2.13. The van der Waals surface area contributed by atoms with Crippen LogP contribution < -0.4 is 10.8 Å². The standard InChI is InChI=1S/C22H18BNO3/c25-22(15-9-11-18(12-10-15)23(26)27)24-14-21-19-7-3-1-5-16(19)13-17-6-2-4-8-20(17)21/h1-13,26-27H,14H2,(H,24,25). The van der Waals surface area contributed by atoms with E-state index in [1.807, 2.05) is 24.3 Å². The SMILES string of the molecule is O=C(NCc1c2ccccc2cc2ccccc12)c1ccc(B(O)O)cc1. The summed E-state index contributed by atoms with van der Waals surface area (Å²) in [6, 6.07) is 24.7. The van der Waals surface area contributed by atoms with Gasteiger partial charge in [-0.3, -0.25) is 4.79 Å². The van der Waals surface area contributed by atoms with Crippen LogP contribution in [0.1, 0.15) is 15.9 Å². The number of hydrogen-bond acceptors (Lipinski definition) is 3. The number of carbonyl (C=O) groups excluding carboxylic acids is 1. The van der Waals surface area contributed by atoms with Gasteiger partial charge in [-0.25, -0.2) is 0 Å². The van der Waals surface area contributed by atoms with Crippen molar-refractivity contribution in [3.8, 4) is 0 Å². The molecule has 0 fully saturated rings. The minimum absolute atomic E-state index is 0.203. The van der Waals surface area contributed by atoms with Gasteiger partial charge in [0.25, 0.3) is 5.91 Å².